The van der Waals surface area contributed by atoms with Crippen molar-refractivity contribution in [3.05, 3.63) is 27.4 Å². The molecule has 0 aromatic heterocycles. The van der Waals surface area contributed by atoms with Crippen LogP contribution in [0.1, 0.15) is 0 Å². The van der Waals surface area contributed by atoms with Crippen molar-refractivity contribution in [1.29, 1.82) is 0 Å². The molecule has 0 aliphatic heterocycles. The fourth-order valence-corrected chi connectivity index (χ4v) is 1.76. The van der Waals surface area contributed by atoms with Crippen LogP contribution in [0, 0.1) is 5.82 Å². The molecule has 6 heteroatoms. The van der Waals surface area contributed by atoms with Crippen LogP contribution in [0.15, 0.2) is 16.6 Å². The molecule has 0 atom stereocenters. The fourth-order valence-electron chi connectivity index (χ4n) is 0.785. The molecule has 0 fully saturated rings. The number of thiocarbonyl (C=S) groups is 1. The van der Waals surface area contributed by atoms with Crippen molar-refractivity contribution in [2.75, 3.05) is 5.32 Å². The van der Waals surface area contributed by atoms with Gasteiger partial charge < -0.3 is 11.1 Å². The Labute approximate surface area is 93.4 Å². The Balaban J connectivity index is 3.13. The molecular weight excluding hydrogens is 279 g/mol. The summed E-state index contributed by atoms with van der Waals surface area (Å²) in [7, 11) is 0. The summed E-state index contributed by atoms with van der Waals surface area (Å²) in [5.41, 5.74) is 5.39. The molecule has 3 N–H and O–H groups in total. The van der Waals surface area contributed by atoms with Crippen LogP contribution in [0.25, 0.3) is 0 Å². The maximum Gasteiger partial charge on any atom is 0.168 e. The molecule has 0 saturated carbocycles. The smallest absolute Gasteiger partial charge is 0.168 e. The van der Waals surface area contributed by atoms with Crippen molar-refractivity contribution in [3.8, 4) is 0 Å². The third-order valence-electron chi connectivity index (χ3n) is 1.26. The minimum absolute atomic E-state index is 0.00178. The molecular formula is C7H5BrClFN2S. The molecule has 0 aliphatic carbocycles. The van der Waals surface area contributed by atoms with Crippen LogP contribution in [-0.2, 0) is 0 Å². The largest absolute Gasteiger partial charge is 0.376 e. The predicted molar refractivity (Wildman–Crippen MR) is 59.5 cm³/mol. The van der Waals surface area contributed by atoms with E-state index in [1.165, 1.54) is 6.07 Å². The van der Waals surface area contributed by atoms with Crippen LogP contribution < -0.4 is 11.1 Å². The molecule has 1 aromatic rings. The maximum atomic E-state index is 13.2. The number of rotatable bonds is 1. The van der Waals surface area contributed by atoms with Gasteiger partial charge in [-0.25, -0.2) is 4.39 Å². The molecule has 0 amide bonds. The standard InChI is InChI=1S/C7H5BrClFN2S/c8-4-1-3(9)2-5(10)6(4)12-7(11)13/h1-2H,(H3,11,12,13). The summed E-state index contributed by atoms with van der Waals surface area (Å²) in [6.45, 7) is 0. The van der Waals surface area contributed by atoms with E-state index in [1.54, 1.807) is 6.07 Å². The molecule has 0 bridgehead atoms. The molecule has 70 valence electrons. The van der Waals surface area contributed by atoms with Gasteiger partial charge in [0.1, 0.15) is 5.82 Å². The highest BCUT2D eigenvalue weighted by Crippen LogP contribution is 2.29. The van der Waals surface area contributed by atoms with Crippen LogP contribution in [0.2, 0.25) is 5.02 Å². The van der Waals surface area contributed by atoms with E-state index >= 15 is 0 Å². The molecule has 0 spiro atoms. The van der Waals surface area contributed by atoms with Crippen molar-refractivity contribution in [1.82, 2.24) is 0 Å². The lowest BCUT2D eigenvalue weighted by Crippen LogP contribution is -2.20. The van der Waals surface area contributed by atoms with Crippen molar-refractivity contribution < 1.29 is 4.39 Å². The van der Waals surface area contributed by atoms with E-state index in [1.807, 2.05) is 0 Å². The fraction of sp³-hybridized carbons (Fsp3) is 0. The second-order valence-corrected chi connectivity index (χ2v) is 3.96. The van der Waals surface area contributed by atoms with Gasteiger partial charge in [0.15, 0.2) is 5.11 Å². The van der Waals surface area contributed by atoms with Gasteiger partial charge in [-0.3, -0.25) is 0 Å². The van der Waals surface area contributed by atoms with Gasteiger partial charge in [-0.1, -0.05) is 11.6 Å². The van der Waals surface area contributed by atoms with Crippen molar-refractivity contribution in [3.63, 3.8) is 0 Å². The second kappa shape index (κ2) is 4.21. The molecule has 1 aromatic carbocycles. The number of hydrogen-bond donors (Lipinski definition) is 2. The Morgan fingerprint density at radius 2 is 2.23 bits per heavy atom. The SMILES string of the molecule is NC(=S)Nc1c(F)cc(Cl)cc1Br. The summed E-state index contributed by atoms with van der Waals surface area (Å²) in [6, 6.07) is 2.72. The number of anilines is 1. The van der Waals surface area contributed by atoms with Crippen molar-refractivity contribution >= 4 is 50.5 Å². The summed E-state index contributed by atoms with van der Waals surface area (Å²) in [6.07, 6.45) is 0. The molecule has 0 saturated heterocycles. The predicted octanol–water partition coefficient (Wildman–Crippen LogP) is 2.90. The summed E-state index contributed by atoms with van der Waals surface area (Å²) >= 11 is 13.3. The summed E-state index contributed by atoms with van der Waals surface area (Å²) in [5, 5.41) is 2.80. The zero-order valence-corrected chi connectivity index (χ0v) is 9.43. The van der Waals surface area contributed by atoms with Gasteiger partial charge in [0.25, 0.3) is 0 Å². The van der Waals surface area contributed by atoms with E-state index < -0.39 is 5.82 Å². The molecule has 2 nitrogen and oxygen atoms in total. The number of benzene rings is 1. The van der Waals surface area contributed by atoms with E-state index in [9.17, 15) is 4.39 Å². The van der Waals surface area contributed by atoms with E-state index in [0.29, 0.717) is 9.50 Å². The average Bonchev–Trinajstić information content (AvgIpc) is 1.96. The molecule has 1 rings (SSSR count). The Morgan fingerprint density at radius 1 is 1.62 bits per heavy atom. The zero-order chi connectivity index (χ0) is 10.0. The van der Waals surface area contributed by atoms with Gasteiger partial charge in [0, 0.05) is 9.50 Å². The average molecular weight is 284 g/mol. The molecule has 0 heterocycles. The minimum Gasteiger partial charge on any atom is -0.376 e. The molecule has 0 radical (unpaired) electrons. The number of nitrogens with two attached hydrogens (primary N) is 1. The lowest BCUT2D eigenvalue weighted by Gasteiger charge is -2.07. The second-order valence-electron chi connectivity index (χ2n) is 2.23. The highest BCUT2D eigenvalue weighted by molar-refractivity contribution is 9.10. The van der Waals surface area contributed by atoms with Crippen molar-refractivity contribution in [2.24, 2.45) is 5.73 Å². The Hall–Kier alpha value is -0.390. The first-order chi connectivity index (χ1) is 6.00. The van der Waals surface area contributed by atoms with Crippen molar-refractivity contribution in [2.45, 2.75) is 0 Å². The van der Waals surface area contributed by atoms with Gasteiger partial charge in [0.2, 0.25) is 0 Å². The molecule has 13 heavy (non-hydrogen) atoms. The van der Waals surface area contributed by atoms with E-state index in [4.69, 9.17) is 17.3 Å². The Kier molecular flexibility index (Phi) is 3.47. The van der Waals surface area contributed by atoms with Crippen LogP contribution in [0.5, 0.6) is 0 Å². The van der Waals surface area contributed by atoms with E-state index in [0.717, 1.165) is 0 Å². The highest BCUT2D eigenvalue weighted by atomic mass is 79.9. The van der Waals surface area contributed by atoms with Gasteiger partial charge in [-0.15, -0.1) is 0 Å². The van der Waals surface area contributed by atoms with Crippen LogP contribution in [-0.4, -0.2) is 5.11 Å². The lowest BCUT2D eigenvalue weighted by molar-refractivity contribution is 0.631. The normalized spacial score (nSPS) is 9.77. The van der Waals surface area contributed by atoms with Crippen LogP contribution >= 0.6 is 39.7 Å². The first-order valence-electron chi connectivity index (χ1n) is 3.21. The van der Waals surface area contributed by atoms with E-state index in [2.05, 4.69) is 33.5 Å². The van der Waals surface area contributed by atoms with Gasteiger partial charge in [0.05, 0.1) is 5.69 Å². The third kappa shape index (κ3) is 2.79. The first kappa shape index (κ1) is 10.7. The summed E-state index contributed by atoms with van der Waals surface area (Å²) in [4.78, 5) is 0. The first-order valence-corrected chi connectivity index (χ1v) is 4.79. The van der Waals surface area contributed by atoms with Crippen LogP contribution in [0.4, 0.5) is 10.1 Å². The summed E-state index contributed by atoms with van der Waals surface area (Å²) < 4.78 is 13.7. The summed E-state index contributed by atoms with van der Waals surface area (Å²) in [5.74, 6) is -0.507. The van der Waals surface area contributed by atoms with Crippen LogP contribution in [0.3, 0.4) is 0 Å². The quantitative estimate of drug-likeness (QED) is 0.778. The van der Waals surface area contributed by atoms with Gasteiger partial charge in [-0.05, 0) is 40.3 Å². The van der Waals surface area contributed by atoms with Gasteiger partial charge in [-0.2, -0.15) is 0 Å². The number of halogens is 3. The monoisotopic (exact) mass is 282 g/mol. The topological polar surface area (TPSA) is 38.0 Å². The Morgan fingerprint density at radius 3 is 2.69 bits per heavy atom. The number of nitrogens with one attached hydrogen (secondary N) is 1. The number of hydrogen-bond acceptors (Lipinski definition) is 1. The maximum absolute atomic E-state index is 13.2. The molecule has 0 unspecified atom stereocenters. The van der Waals surface area contributed by atoms with Gasteiger partial charge >= 0.3 is 0 Å². The highest BCUT2D eigenvalue weighted by Gasteiger charge is 2.08. The minimum atomic E-state index is -0.507. The lowest BCUT2D eigenvalue weighted by atomic mass is 10.3. The third-order valence-corrected chi connectivity index (χ3v) is 2.20. The molecule has 0 aliphatic rings. The van der Waals surface area contributed by atoms with E-state index in [-0.39, 0.29) is 10.8 Å². The Bertz CT molecular complexity index is 335. The zero-order valence-electron chi connectivity index (χ0n) is 6.27.